The molecule has 4 N–H and O–H groups in total. The van der Waals surface area contributed by atoms with Crippen molar-refractivity contribution in [3.8, 4) is 11.5 Å². The molecule has 2 aromatic carbocycles. The SMILES string of the molecule is CC(NCCNC(C=O)c1ccccc1O)c1ccccc1O. The second kappa shape index (κ2) is 8.31. The van der Waals surface area contributed by atoms with Crippen LogP contribution in [0.15, 0.2) is 48.5 Å². The van der Waals surface area contributed by atoms with Crippen molar-refractivity contribution in [3.05, 3.63) is 59.7 Å². The normalized spacial score (nSPS) is 13.4. The van der Waals surface area contributed by atoms with E-state index in [0.717, 1.165) is 11.8 Å². The quantitative estimate of drug-likeness (QED) is 0.444. The topological polar surface area (TPSA) is 81.6 Å². The molecule has 0 aliphatic carbocycles. The van der Waals surface area contributed by atoms with Crippen LogP contribution in [-0.2, 0) is 4.79 Å². The summed E-state index contributed by atoms with van der Waals surface area (Å²) in [6.07, 6.45) is 0.779. The lowest BCUT2D eigenvalue weighted by molar-refractivity contribution is -0.109. The first-order valence-corrected chi connectivity index (χ1v) is 7.61. The standard InChI is InChI=1S/C18H22N2O3/c1-13(14-6-2-4-8-17(14)22)19-10-11-20-16(12-21)15-7-3-5-9-18(15)23/h2-9,12-13,16,19-20,22-23H,10-11H2,1H3. The van der Waals surface area contributed by atoms with E-state index in [1.54, 1.807) is 36.4 Å². The summed E-state index contributed by atoms with van der Waals surface area (Å²) < 4.78 is 0. The van der Waals surface area contributed by atoms with Crippen molar-refractivity contribution in [2.75, 3.05) is 13.1 Å². The Labute approximate surface area is 136 Å². The first kappa shape index (κ1) is 17.0. The predicted molar refractivity (Wildman–Crippen MR) is 89.4 cm³/mol. The molecule has 5 nitrogen and oxygen atoms in total. The summed E-state index contributed by atoms with van der Waals surface area (Å²) >= 11 is 0. The van der Waals surface area contributed by atoms with Gasteiger partial charge in [0.15, 0.2) is 0 Å². The predicted octanol–water partition coefficient (Wildman–Crippen LogP) is 2.28. The number of aromatic hydroxyl groups is 2. The zero-order valence-electron chi connectivity index (χ0n) is 13.1. The average Bonchev–Trinajstić information content (AvgIpc) is 2.56. The minimum absolute atomic E-state index is 0.00203. The van der Waals surface area contributed by atoms with Gasteiger partial charge in [0.05, 0.1) is 6.04 Å². The zero-order valence-corrected chi connectivity index (χ0v) is 13.1. The summed E-state index contributed by atoms with van der Waals surface area (Å²) in [5.41, 5.74) is 1.40. The number of benzene rings is 2. The number of carbonyl (C=O) groups excluding carboxylic acids is 1. The Hall–Kier alpha value is -2.37. The van der Waals surface area contributed by atoms with Crippen molar-refractivity contribution in [2.45, 2.75) is 19.0 Å². The van der Waals surface area contributed by atoms with Crippen LogP contribution in [0.25, 0.3) is 0 Å². The number of phenolic OH excluding ortho intramolecular Hbond substituents is 2. The first-order valence-electron chi connectivity index (χ1n) is 7.61. The molecule has 2 unspecified atom stereocenters. The van der Waals surface area contributed by atoms with Crippen LogP contribution < -0.4 is 10.6 Å². The van der Waals surface area contributed by atoms with E-state index in [9.17, 15) is 15.0 Å². The van der Waals surface area contributed by atoms with Gasteiger partial charge in [-0.1, -0.05) is 36.4 Å². The molecule has 0 radical (unpaired) electrons. The van der Waals surface area contributed by atoms with Crippen LogP contribution in [-0.4, -0.2) is 29.6 Å². The first-order chi connectivity index (χ1) is 11.1. The summed E-state index contributed by atoms with van der Waals surface area (Å²) in [5.74, 6) is 0.369. The van der Waals surface area contributed by atoms with Crippen molar-refractivity contribution in [1.29, 1.82) is 0 Å². The van der Waals surface area contributed by atoms with Crippen molar-refractivity contribution >= 4 is 6.29 Å². The monoisotopic (exact) mass is 314 g/mol. The number of phenols is 2. The van der Waals surface area contributed by atoms with Gasteiger partial charge < -0.3 is 25.6 Å². The molecular formula is C18H22N2O3. The molecule has 0 heterocycles. The molecule has 0 aromatic heterocycles. The number of rotatable bonds is 8. The highest BCUT2D eigenvalue weighted by Crippen LogP contribution is 2.23. The molecule has 2 rings (SSSR count). The van der Waals surface area contributed by atoms with E-state index in [4.69, 9.17) is 0 Å². The lowest BCUT2D eigenvalue weighted by atomic mass is 10.1. The Balaban J connectivity index is 1.84. The minimum Gasteiger partial charge on any atom is -0.508 e. The Morgan fingerprint density at radius 1 is 0.913 bits per heavy atom. The van der Waals surface area contributed by atoms with Crippen molar-refractivity contribution < 1.29 is 15.0 Å². The van der Waals surface area contributed by atoms with Crippen molar-refractivity contribution in [2.24, 2.45) is 0 Å². The largest absolute Gasteiger partial charge is 0.508 e. The minimum atomic E-state index is -0.543. The number of hydrogen-bond acceptors (Lipinski definition) is 5. The fourth-order valence-corrected chi connectivity index (χ4v) is 2.46. The van der Waals surface area contributed by atoms with Gasteiger partial charge in [0.25, 0.3) is 0 Å². The van der Waals surface area contributed by atoms with Crippen molar-refractivity contribution in [1.82, 2.24) is 10.6 Å². The van der Waals surface area contributed by atoms with Crippen LogP contribution in [0.1, 0.15) is 30.1 Å². The summed E-state index contributed by atoms with van der Waals surface area (Å²) in [6, 6.07) is 13.4. The van der Waals surface area contributed by atoms with Gasteiger partial charge >= 0.3 is 0 Å². The highest BCUT2D eigenvalue weighted by molar-refractivity contribution is 5.63. The fraction of sp³-hybridized carbons (Fsp3) is 0.278. The molecule has 0 saturated carbocycles. The molecule has 0 aliphatic rings. The van der Waals surface area contributed by atoms with E-state index in [1.807, 2.05) is 19.1 Å². The second-order valence-electron chi connectivity index (χ2n) is 5.36. The van der Waals surface area contributed by atoms with Crippen LogP contribution in [0.4, 0.5) is 0 Å². The maximum absolute atomic E-state index is 11.2. The average molecular weight is 314 g/mol. The van der Waals surface area contributed by atoms with Gasteiger partial charge in [-0.25, -0.2) is 0 Å². The molecular weight excluding hydrogens is 292 g/mol. The van der Waals surface area contributed by atoms with E-state index in [2.05, 4.69) is 10.6 Å². The van der Waals surface area contributed by atoms with Gasteiger partial charge in [0.1, 0.15) is 17.8 Å². The molecule has 0 amide bonds. The zero-order chi connectivity index (χ0) is 16.7. The molecule has 5 heteroatoms. The Morgan fingerprint density at radius 2 is 1.43 bits per heavy atom. The molecule has 0 saturated heterocycles. The summed E-state index contributed by atoms with van der Waals surface area (Å²) in [4.78, 5) is 11.2. The summed E-state index contributed by atoms with van der Waals surface area (Å²) in [5, 5.41) is 26.0. The van der Waals surface area contributed by atoms with E-state index >= 15 is 0 Å². The van der Waals surface area contributed by atoms with Gasteiger partial charge in [-0.2, -0.15) is 0 Å². The maximum atomic E-state index is 11.2. The van der Waals surface area contributed by atoms with Crippen LogP contribution in [0, 0.1) is 0 Å². The summed E-state index contributed by atoms with van der Waals surface area (Å²) in [7, 11) is 0. The van der Waals surface area contributed by atoms with Crippen LogP contribution in [0.2, 0.25) is 0 Å². The third kappa shape index (κ3) is 4.55. The molecule has 2 atom stereocenters. The molecule has 0 spiro atoms. The van der Waals surface area contributed by atoms with Gasteiger partial charge in [-0.05, 0) is 19.1 Å². The Kier molecular flexibility index (Phi) is 6.14. The number of para-hydroxylation sites is 2. The van der Waals surface area contributed by atoms with Crippen LogP contribution in [0.3, 0.4) is 0 Å². The maximum Gasteiger partial charge on any atom is 0.141 e. The van der Waals surface area contributed by atoms with Gasteiger partial charge in [0, 0.05) is 30.3 Å². The molecule has 0 fully saturated rings. The number of hydrogen-bond donors (Lipinski definition) is 4. The smallest absolute Gasteiger partial charge is 0.141 e. The Bertz CT molecular complexity index is 646. The van der Waals surface area contributed by atoms with Crippen molar-refractivity contribution in [3.63, 3.8) is 0 Å². The number of aldehydes is 1. The third-order valence-electron chi connectivity index (χ3n) is 3.75. The molecule has 0 aliphatic heterocycles. The Morgan fingerprint density at radius 3 is 2.00 bits per heavy atom. The number of carbonyl (C=O) groups is 1. The highest BCUT2D eigenvalue weighted by Gasteiger charge is 2.13. The van der Waals surface area contributed by atoms with Crippen LogP contribution in [0.5, 0.6) is 11.5 Å². The molecule has 0 bridgehead atoms. The van der Waals surface area contributed by atoms with Gasteiger partial charge in [0.2, 0.25) is 0 Å². The van der Waals surface area contributed by atoms with E-state index < -0.39 is 6.04 Å². The molecule has 23 heavy (non-hydrogen) atoms. The molecule has 2 aromatic rings. The van der Waals surface area contributed by atoms with Gasteiger partial charge in [-0.15, -0.1) is 0 Å². The molecule has 122 valence electrons. The lowest BCUT2D eigenvalue weighted by Gasteiger charge is -2.18. The summed E-state index contributed by atoms with van der Waals surface area (Å²) in [6.45, 7) is 3.14. The third-order valence-corrected chi connectivity index (χ3v) is 3.75. The fourth-order valence-electron chi connectivity index (χ4n) is 2.46. The highest BCUT2D eigenvalue weighted by atomic mass is 16.3. The van der Waals surface area contributed by atoms with Gasteiger partial charge in [-0.3, -0.25) is 0 Å². The van der Waals surface area contributed by atoms with E-state index in [1.165, 1.54) is 0 Å². The number of nitrogens with one attached hydrogen (secondary N) is 2. The van der Waals surface area contributed by atoms with E-state index in [0.29, 0.717) is 18.7 Å². The van der Waals surface area contributed by atoms with E-state index in [-0.39, 0.29) is 17.5 Å². The lowest BCUT2D eigenvalue weighted by Crippen LogP contribution is -2.32. The second-order valence-corrected chi connectivity index (χ2v) is 5.36. The van der Waals surface area contributed by atoms with Crippen LogP contribution >= 0.6 is 0 Å².